The molecule has 2 rings (SSSR count). The first-order valence-corrected chi connectivity index (χ1v) is 9.37. The highest BCUT2D eigenvalue weighted by Crippen LogP contribution is 2.19. The van der Waals surface area contributed by atoms with Crippen LogP contribution < -0.4 is 20.1 Å². The number of nitrogens with one attached hydrogen (secondary N) is 2. The van der Waals surface area contributed by atoms with Crippen molar-refractivity contribution in [3.63, 3.8) is 0 Å². The van der Waals surface area contributed by atoms with E-state index < -0.39 is 12.8 Å². The molecule has 0 saturated heterocycles. The fraction of sp³-hybridized carbons (Fsp3) is 0.381. The Bertz CT molecular complexity index is 802. The minimum Gasteiger partial charge on any atom is -0.493 e. The number of hydrogen-bond donors (Lipinski definition) is 2. The van der Waals surface area contributed by atoms with E-state index in [9.17, 15) is 13.2 Å². The highest BCUT2D eigenvalue weighted by Gasteiger charge is 2.28. The van der Waals surface area contributed by atoms with Gasteiger partial charge in [-0.15, -0.1) is 24.0 Å². The van der Waals surface area contributed by atoms with E-state index >= 15 is 0 Å². The van der Waals surface area contributed by atoms with E-state index in [0.717, 1.165) is 23.4 Å². The van der Waals surface area contributed by atoms with Crippen molar-refractivity contribution in [2.75, 3.05) is 39.3 Å². The Balaban J connectivity index is 0.00000480. The van der Waals surface area contributed by atoms with Crippen LogP contribution >= 0.6 is 24.0 Å². The number of aliphatic imine (C=N–C) groups is 1. The Labute approximate surface area is 197 Å². The summed E-state index contributed by atoms with van der Waals surface area (Å²) in [6.45, 7) is 0.333. The molecule has 6 nitrogen and oxygen atoms in total. The quantitative estimate of drug-likeness (QED) is 0.191. The molecular weight excluding hydrogens is 526 g/mol. The van der Waals surface area contributed by atoms with E-state index in [4.69, 9.17) is 14.2 Å². The zero-order valence-corrected chi connectivity index (χ0v) is 19.7. The summed E-state index contributed by atoms with van der Waals surface area (Å²) in [7, 11) is 3.30. The predicted molar refractivity (Wildman–Crippen MR) is 126 cm³/mol. The molecule has 0 heterocycles. The summed E-state index contributed by atoms with van der Waals surface area (Å²) in [5.74, 6) is 1.45. The van der Waals surface area contributed by atoms with Crippen molar-refractivity contribution in [1.82, 2.24) is 5.32 Å². The van der Waals surface area contributed by atoms with Crippen LogP contribution in [0.1, 0.15) is 12.0 Å². The molecule has 0 radical (unpaired) electrons. The van der Waals surface area contributed by atoms with E-state index in [-0.39, 0.29) is 29.7 Å². The molecule has 0 fully saturated rings. The first-order chi connectivity index (χ1) is 14.4. The van der Waals surface area contributed by atoms with Crippen LogP contribution in [-0.2, 0) is 11.3 Å². The Hall–Kier alpha value is -2.21. The third-order valence-corrected chi connectivity index (χ3v) is 3.87. The SMILES string of the molecule is CN=C(NCc1ccc(OCC(F)(F)F)cc1)Nc1cccc(OCCCOC)c1.I. The van der Waals surface area contributed by atoms with Gasteiger partial charge in [0.1, 0.15) is 11.5 Å². The third kappa shape index (κ3) is 11.1. The zero-order chi connectivity index (χ0) is 21.8. The second-order valence-electron chi connectivity index (χ2n) is 6.32. The summed E-state index contributed by atoms with van der Waals surface area (Å²) in [6.07, 6.45) is -3.55. The Morgan fingerprint density at radius 1 is 1.00 bits per heavy atom. The van der Waals surface area contributed by atoms with Gasteiger partial charge in [0.15, 0.2) is 12.6 Å². The lowest BCUT2D eigenvalue weighted by molar-refractivity contribution is -0.153. The minimum atomic E-state index is -4.36. The lowest BCUT2D eigenvalue weighted by atomic mass is 10.2. The molecule has 0 amide bonds. The zero-order valence-electron chi connectivity index (χ0n) is 17.4. The summed E-state index contributed by atoms with van der Waals surface area (Å²) in [6, 6.07) is 13.9. The smallest absolute Gasteiger partial charge is 0.422 e. The van der Waals surface area contributed by atoms with Gasteiger partial charge < -0.3 is 24.8 Å². The van der Waals surface area contributed by atoms with Crippen LogP contribution in [0.2, 0.25) is 0 Å². The molecular formula is C21H27F3IN3O3. The molecule has 0 atom stereocenters. The molecule has 2 aromatic rings. The van der Waals surface area contributed by atoms with Crippen molar-refractivity contribution in [1.29, 1.82) is 0 Å². The molecule has 0 spiro atoms. The molecule has 2 aromatic carbocycles. The van der Waals surface area contributed by atoms with Crippen LogP contribution in [0.25, 0.3) is 0 Å². The van der Waals surface area contributed by atoms with Crippen LogP contribution in [0.4, 0.5) is 18.9 Å². The van der Waals surface area contributed by atoms with Crippen molar-refractivity contribution in [2.45, 2.75) is 19.1 Å². The number of nitrogens with zero attached hydrogens (tertiary/aromatic N) is 1. The fourth-order valence-electron chi connectivity index (χ4n) is 2.43. The van der Waals surface area contributed by atoms with Gasteiger partial charge in [0.05, 0.1) is 6.61 Å². The maximum absolute atomic E-state index is 12.2. The van der Waals surface area contributed by atoms with Crippen LogP contribution in [0, 0.1) is 0 Å². The van der Waals surface area contributed by atoms with Crippen LogP contribution in [0.5, 0.6) is 11.5 Å². The third-order valence-electron chi connectivity index (χ3n) is 3.87. The average molecular weight is 553 g/mol. The molecule has 0 saturated carbocycles. The molecule has 0 aliphatic rings. The van der Waals surface area contributed by atoms with Gasteiger partial charge in [0.25, 0.3) is 0 Å². The Morgan fingerprint density at radius 2 is 1.74 bits per heavy atom. The normalized spacial score (nSPS) is 11.5. The van der Waals surface area contributed by atoms with E-state index in [0.29, 0.717) is 25.7 Å². The summed E-state index contributed by atoms with van der Waals surface area (Å²) in [4.78, 5) is 4.18. The van der Waals surface area contributed by atoms with Gasteiger partial charge in [0.2, 0.25) is 0 Å². The maximum Gasteiger partial charge on any atom is 0.422 e. The summed E-state index contributed by atoms with van der Waals surface area (Å²) >= 11 is 0. The number of benzene rings is 2. The van der Waals surface area contributed by atoms with Gasteiger partial charge in [-0.2, -0.15) is 13.2 Å². The van der Waals surface area contributed by atoms with Crippen LogP contribution in [-0.4, -0.2) is 46.1 Å². The van der Waals surface area contributed by atoms with Crippen molar-refractivity contribution in [3.8, 4) is 11.5 Å². The monoisotopic (exact) mass is 553 g/mol. The first kappa shape index (κ1) is 26.8. The van der Waals surface area contributed by atoms with Gasteiger partial charge in [-0.25, -0.2) is 0 Å². The number of anilines is 1. The number of halogens is 4. The van der Waals surface area contributed by atoms with E-state index in [1.165, 1.54) is 12.1 Å². The average Bonchev–Trinajstić information content (AvgIpc) is 2.73. The van der Waals surface area contributed by atoms with Crippen molar-refractivity contribution in [2.24, 2.45) is 4.99 Å². The number of alkyl halides is 3. The molecule has 0 unspecified atom stereocenters. The van der Waals surface area contributed by atoms with Crippen LogP contribution in [0.15, 0.2) is 53.5 Å². The molecule has 0 bridgehead atoms. The van der Waals surface area contributed by atoms with Crippen molar-refractivity contribution < 1.29 is 27.4 Å². The van der Waals surface area contributed by atoms with Gasteiger partial charge in [-0.1, -0.05) is 18.2 Å². The summed E-state index contributed by atoms with van der Waals surface area (Å²) in [5.41, 5.74) is 1.68. The largest absolute Gasteiger partial charge is 0.493 e. The van der Waals surface area contributed by atoms with Crippen LogP contribution in [0.3, 0.4) is 0 Å². The van der Waals surface area contributed by atoms with E-state index in [1.54, 1.807) is 26.3 Å². The van der Waals surface area contributed by atoms with Crippen molar-refractivity contribution >= 4 is 35.6 Å². The maximum atomic E-state index is 12.2. The van der Waals surface area contributed by atoms with Crippen molar-refractivity contribution in [3.05, 3.63) is 54.1 Å². The molecule has 31 heavy (non-hydrogen) atoms. The first-order valence-electron chi connectivity index (χ1n) is 9.37. The predicted octanol–water partition coefficient (Wildman–Crippen LogP) is 4.85. The molecule has 2 N–H and O–H groups in total. The highest BCUT2D eigenvalue weighted by atomic mass is 127. The lowest BCUT2D eigenvalue weighted by Gasteiger charge is -2.14. The molecule has 10 heteroatoms. The van der Waals surface area contributed by atoms with Gasteiger partial charge in [-0.3, -0.25) is 4.99 Å². The molecule has 172 valence electrons. The summed E-state index contributed by atoms with van der Waals surface area (Å²) in [5, 5.41) is 6.32. The standard InChI is InChI=1S/C21H26F3N3O3.HI/c1-25-20(27-17-5-3-6-19(13-17)29-12-4-11-28-2)26-14-16-7-9-18(10-8-16)30-15-21(22,23)24;/h3,5-10,13H,4,11-12,14-15H2,1-2H3,(H2,25,26,27);1H. The number of hydrogen-bond acceptors (Lipinski definition) is 4. The Morgan fingerprint density at radius 3 is 2.39 bits per heavy atom. The number of ether oxygens (including phenoxy) is 3. The lowest BCUT2D eigenvalue weighted by Crippen LogP contribution is -2.30. The van der Waals surface area contributed by atoms with E-state index in [2.05, 4.69) is 15.6 Å². The second-order valence-corrected chi connectivity index (χ2v) is 6.32. The van der Waals surface area contributed by atoms with Gasteiger partial charge in [0, 0.05) is 45.5 Å². The number of rotatable bonds is 10. The van der Waals surface area contributed by atoms with Gasteiger partial charge in [-0.05, 0) is 29.8 Å². The second kappa shape index (κ2) is 14.0. The fourth-order valence-corrected chi connectivity index (χ4v) is 2.43. The highest BCUT2D eigenvalue weighted by molar-refractivity contribution is 14.0. The van der Waals surface area contributed by atoms with Gasteiger partial charge >= 0.3 is 6.18 Å². The number of guanidine groups is 1. The minimum absolute atomic E-state index is 0. The molecule has 0 aliphatic carbocycles. The molecule has 0 aromatic heterocycles. The van der Waals surface area contributed by atoms with E-state index in [1.807, 2.05) is 24.3 Å². The molecule has 0 aliphatic heterocycles. The summed E-state index contributed by atoms with van der Waals surface area (Å²) < 4.78 is 52.0. The number of methoxy groups -OCH3 is 1. The topological polar surface area (TPSA) is 64.1 Å². The Kier molecular flexibility index (Phi) is 12.1.